The van der Waals surface area contributed by atoms with Crippen LogP contribution in [0.4, 0.5) is 5.82 Å². The number of nitrogens with one attached hydrogen (secondary N) is 1. The molecule has 0 radical (unpaired) electrons. The monoisotopic (exact) mass is 291 g/mol. The van der Waals surface area contributed by atoms with E-state index in [9.17, 15) is 0 Å². The van der Waals surface area contributed by atoms with Gasteiger partial charge in [-0.15, -0.1) is 0 Å². The average Bonchev–Trinajstić information content (AvgIpc) is 3.32. The standard InChI is InChI=1S/C17H29N3O/c1-4-6-7-8-12-21-17-13(3)15(18-11-5-2)19-16(20-17)14-9-10-14/h14H,4-12H2,1-3H3,(H,18,19,20). The van der Waals surface area contributed by atoms with Crippen molar-refractivity contribution in [3.05, 3.63) is 11.4 Å². The zero-order valence-electron chi connectivity index (χ0n) is 13.7. The number of hydrogen-bond donors (Lipinski definition) is 1. The molecule has 1 saturated carbocycles. The number of rotatable bonds is 10. The van der Waals surface area contributed by atoms with Gasteiger partial charge in [-0.25, -0.2) is 4.98 Å². The fraction of sp³-hybridized carbons (Fsp3) is 0.765. The van der Waals surface area contributed by atoms with Crippen molar-refractivity contribution in [2.24, 2.45) is 0 Å². The fourth-order valence-electron chi connectivity index (χ4n) is 2.29. The predicted octanol–water partition coefficient (Wildman–Crippen LogP) is 4.44. The minimum atomic E-state index is 0.551. The largest absolute Gasteiger partial charge is 0.477 e. The van der Waals surface area contributed by atoms with Gasteiger partial charge in [0.1, 0.15) is 11.6 Å². The normalized spacial score (nSPS) is 14.2. The Morgan fingerprint density at radius 2 is 1.90 bits per heavy atom. The lowest BCUT2D eigenvalue weighted by Gasteiger charge is -2.14. The third-order valence-electron chi connectivity index (χ3n) is 3.84. The molecule has 1 aromatic rings. The summed E-state index contributed by atoms with van der Waals surface area (Å²) in [6, 6.07) is 0. The SMILES string of the molecule is CCCCCCOc1nc(C2CC2)nc(NCCC)c1C. The quantitative estimate of drug-likeness (QED) is 0.647. The number of ether oxygens (including phenoxy) is 1. The van der Waals surface area contributed by atoms with Crippen LogP contribution in [0.15, 0.2) is 0 Å². The second-order valence-electron chi connectivity index (χ2n) is 5.97. The molecule has 4 nitrogen and oxygen atoms in total. The Bertz CT molecular complexity index is 444. The second-order valence-corrected chi connectivity index (χ2v) is 5.97. The van der Waals surface area contributed by atoms with E-state index in [1.54, 1.807) is 0 Å². The van der Waals surface area contributed by atoms with E-state index in [1.165, 1.54) is 32.1 Å². The number of aromatic nitrogens is 2. The van der Waals surface area contributed by atoms with Crippen LogP contribution < -0.4 is 10.1 Å². The van der Waals surface area contributed by atoms with Crippen molar-refractivity contribution in [3.63, 3.8) is 0 Å². The molecule has 0 spiro atoms. The molecule has 1 heterocycles. The van der Waals surface area contributed by atoms with Gasteiger partial charge in [-0.05, 0) is 32.6 Å². The van der Waals surface area contributed by atoms with Gasteiger partial charge < -0.3 is 10.1 Å². The minimum absolute atomic E-state index is 0.551. The maximum absolute atomic E-state index is 5.93. The third kappa shape index (κ3) is 4.87. The first-order chi connectivity index (χ1) is 10.3. The van der Waals surface area contributed by atoms with E-state index in [0.29, 0.717) is 5.92 Å². The van der Waals surface area contributed by atoms with Crippen LogP contribution in [0.3, 0.4) is 0 Å². The number of unbranched alkanes of at least 4 members (excludes halogenated alkanes) is 3. The number of anilines is 1. The number of hydrogen-bond acceptors (Lipinski definition) is 4. The summed E-state index contributed by atoms with van der Waals surface area (Å²) in [5.74, 6) is 3.25. The van der Waals surface area contributed by atoms with Crippen molar-refractivity contribution in [2.45, 2.75) is 71.6 Å². The summed E-state index contributed by atoms with van der Waals surface area (Å²) in [6.45, 7) is 8.14. The molecule has 1 fully saturated rings. The van der Waals surface area contributed by atoms with Gasteiger partial charge >= 0.3 is 0 Å². The van der Waals surface area contributed by atoms with Crippen molar-refractivity contribution in [1.29, 1.82) is 0 Å². The van der Waals surface area contributed by atoms with E-state index in [2.05, 4.69) is 36.1 Å². The van der Waals surface area contributed by atoms with Gasteiger partial charge in [0.2, 0.25) is 5.88 Å². The molecule has 0 unspecified atom stereocenters. The lowest BCUT2D eigenvalue weighted by molar-refractivity contribution is 0.290. The van der Waals surface area contributed by atoms with Crippen LogP contribution in [0, 0.1) is 6.92 Å². The van der Waals surface area contributed by atoms with Crippen molar-refractivity contribution < 1.29 is 4.74 Å². The Balaban J connectivity index is 2.01. The van der Waals surface area contributed by atoms with Crippen LogP contribution in [-0.2, 0) is 0 Å². The highest BCUT2D eigenvalue weighted by Crippen LogP contribution is 2.39. The molecule has 1 aliphatic carbocycles. The van der Waals surface area contributed by atoms with Crippen molar-refractivity contribution in [1.82, 2.24) is 9.97 Å². The van der Waals surface area contributed by atoms with Gasteiger partial charge in [0, 0.05) is 12.5 Å². The Hall–Kier alpha value is -1.32. The van der Waals surface area contributed by atoms with Crippen molar-refractivity contribution in [3.8, 4) is 5.88 Å². The molecule has 0 saturated heterocycles. The van der Waals surface area contributed by atoms with Gasteiger partial charge in [0.05, 0.1) is 12.2 Å². The highest BCUT2D eigenvalue weighted by atomic mass is 16.5. The van der Waals surface area contributed by atoms with Crippen molar-refractivity contribution in [2.75, 3.05) is 18.5 Å². The molecule has 1 aliphatic rings. The number of nitrogens with zero attached hydrogens (tertiary/aromatic N) is 2. The molecule has 0 aromatic carbocycles. The highest BCUT2D eigenvalue weighted by molar-refractivity contribution is 5.49. The van der Waals surface area contributed by atoms with Gasteiger partial charge in [-0.1, -0.05) is 33.1 Å². The van der Waals surface area contributed by atoms with Crippen LogP contribution >= 0.6 is 0 Å². The van der Waals surface area contributed by atoms with E-state index in [4.69, 9.17) is 4.74 Å². The molecule has 0 aliphatic heterocycles. The van der Waals surface area contributed by atoms with Gasteiger partial charge in [-0.3, -0.25) is 0 Å². The van der Waals surface area contributed by atoms with Crippen molar-refractivity contribution >= 4 is 5.82 Å². The molecular formula is C17H29N3O. The Morgan fingerprint density at radius 1 is 1.10 bits per heavy atom. The molecule has 0 atom stereocenters. The zero-order chi connectivity index (χ0) is 15.1. The summed E-state index contributed by atoms with van der Waals surface area (Å²) in [5.41, 5.74) is 1.04. The minimum Gasteiger partial charge on any atom is -0.477 e. The summed E-state index contributed by atoms with van der Waals surface area (Å²) in [6.07, 6.45) is 8.39. The summed E-state index contributed by atoms with van der Waals surface area (Å²) in [7, 11) is 0. The average molecular weight is 291 g/mol. The lowest BCUT2D eigenvalue weighted by atomic mass is 10.2. The van der Waals surface area contributed by atoms with Gasteiger partial charge in [-0.2, -0.15) is 4.98 Å². The maximum Gasteiger partial charge on any atom is 0.221 e. The zero-order valence-corrected chi connectivity index (χ0v) is 13.7. The van der Waals surface area contributed by atoms with Crippen LogP contribution in [0.5, 0.6) is 5.88 Å². The smallest absolute Gasteiger partial charge is 0.221 e. The first-order valence-electron chi connectivity index (χ1n) is 8.51. The summed E-state index contributed by atoms with van der Waals surface area (Å²) >= 11 is 0. The topological polar surface area (TPSA) is 47.0 Å². The first-order valence-corrected chi connectivity index (χ1v) is 8.51. The third-order valence-corrected chi connectivity index (χ3v) is 3.84. The molecule has 1 N–H and O–H groups in total. The molecule has 118 valence electrons. The van der Waals surface area contributed by atoms with Gasteiger partial charge in [0.25, 0.3) is 0 Å². The molecule has 0 amide bonds. The van der Waals surface area contributed by atoms with Crippen LogP contribution in [0.2, 0.25) is 0 Å². The van der Waals surface area contributed by atoms with Crippen LogP contribution in [0.25, 0.3) is 0 Å². The summed E-state index contributed by atoms with van der Waals surface area (Å²) in [5, 5.41) is 3.41. The van der Waals surface area contributed by atoms with E-state index in [1.807, 2.05) is 0 Å². The fourth-order valence-corrected chi connectivity index (χ4v) is 2.29. The maximum atomic E-state index is 5.93. The predicted molar refractivity (Wildman–Crippen MR) is 87.2 cm³/mol. The van der Waals surface area contributed by atoms with Crippen LogP contribution in [-0.4, -0.2) is 23.1 Å². The van der Waals surface area contributed by atoms with E-state index in [0.717, 1.165) is 49.1 Å². The Labute approximate surface area is 128 Å². The molecule has 4 heteroatoms. The summed E-state index contributed by atoms with van der Waals surface area (Å²) < 4.78 is 5.93. The molecule has 0 bridgehead atoms. The first kappa shape index (κ1) is 16.1. The second kappa shape index (κ2) is 8.20. The molecule has 2 rings (SSSR count). The molecular weight excluding hydrogens is 262 g/mol. The molecule has 1 aromatic heterocycles. The Kier molecular flexibility index (Phi) is 6.27. The van der Waals surface area contributed by atoms with Gasteiger partial charge in [0.15, 0.2) is 0 Å². The van der Waals surface area contributed by atoms with E-state index in [-0.39, 0.29) is 0 Å². The summed E-state index contributed by atoms with van der Waals surface area (Å²) in [4.78, 5) is 9.34. The highest BCUT2D eigenvalue weighted by Gasteiger charge is 2.28. The molecule has 21 heavy (non-hydrogen) atoms. The lowest BCUT2D eigenvalue weighted by Crippen LogP contribution is -2.10. The van der Waals surface area contributed by atoms with E-state index >= 15 is 0 Å². The van der Waals surface area contributed by atoms with Crippen LogP contribution in [0.1, 0.15) is 76.1 Å². The Morgan fingerprint density at radius 3 is 2.57 bits per heavy atom. The van der Waals surface area contributed by atoms with E-state index < -0.39 is 0 Å².